The first kappa shape index (κ1) is 10.0. The van der Waals surface area contributed by atoms with Crippen LogP contribution in [-0.4, -0.2) is 5.78 Å². The molecule has 0 unspecified atom stereocenters. The second-order valence-electron chi connectivity index (χ2n) is 2.68. The van der Waals surface area contributed by atoms with Gasteiger partial charge in [0, 0.05) is 10.6 Å². The number of carbonyl (C=O) groups excluding carboxylic acids is 1. The number of allylic oxidation sites excluding steroid dienone is 2. The van der Waals surface area contributed by atoms with Crippen molar-refractivity contribution in [3.8, 4) is 0 Å². The van der Waals surface area contributed by atoms with Crippen LogP contribution in [0.2, 0.25) is 5.02 Å². The fourth-order valence-corrected chi connectivity index (χ4v) is 1.06. The molecule has 0 aliphatic heterocycles. The van der Waals surface area contributed by atoms with Crippen LogP contribution in [0.25, 0.3) is 0 Å². The van der Waals surface area contributed by atoms with Crippen molar-refractivity contribution in [3.05, 3.63) is 47.0 Å². The zero-order valence-electron chi connectivity index (χ0n) is 7.46. The maximum Gasteiger partial charge on any atom is 0.185 e. The van der Waals surface area contributed by atoms with Gasteiger partial charge in [-0.3, -0.25) is 4.79 Å². The molecule has 0 aliphatic carbocycles. The highest BCUT2D eigenvalue weighted by molar-refractivity contribution is 6.30. The molecule has 0 spiro atoms. The highest BCUT2D eigenvalue weighted by atomic mass is 35.5. The van der Waals surface area contributed by atoms with E-state index in [2.05, 4.69) is 0 Å². The van der Waals surface area contributed by atoms with Crippen LogP contribution >= 0.6 is 11.6 Å². The molecule has 0 bridgehead atoms. The first-order chi connectivity index (χ1) is 6.24. The van der Waals surface area contributed by atoms with E-state index < -0.39 is 0 Å². The van der Waals surface area contributed by atoms with Gasteiger partial charge in [0.2, 0.25) is 0 Å². The molecule has 1 rings (SSSR count). The van der Waals surface area contributed by atoms with Gasteiger partial charge in [0.25, 0.3) is 0 Å². The second-order valence-corrected chi connectivity index (χ2v) is 3.12. The minimum Gasteiger partial charge on any atom is -0.289 e. The summed E-state index contributed by atoms with van der Waals surface area (Å²) in [5.41, 5.74) is 0.675. The Labute approximate surface area is 83.0 Å². The highest BCUT2D eigenvalue weighted by Gasteiger charge is 1.99. The molecule has 0 saturated heterocycles. The number of carbonyl (C=O) groups is 1. The molecule has 0 N–H and O–H groups in total. The molecule has 1 aromatic rings. The molecular formula is C11H11ClO. The zero-order chi connectivity index (χ0) is 9.68. The normalized spacial score (nSPS) is 10.6. The summed E-state index contributed by atoms with van der Waals surface area (Å²) in [6.07, 6.45) is 4.31. The molecule has 0 fully saturated rings. The molecule has 0 aromatic heterocycles. The lowest BCUT2D eigenvalue weighted by Crippen LogP contribution is -1.92. The van der Waals surface area contributed by atoms with Gasteiger partial charge in [0.15, 0.2) is 5.78 Å². The van der Waals surface area contributed by atoms with Gasteiger partial charge in [-0.25, -0.2) is 0 Å². The summed E-state index contributed by atoms with van der Waals surface area (Å²) in [5.74, 6) is 0.0264. The van der Waals surface area contributed by atoms with Gasteiger partial charge >= 0.3 is 0 Å². The van der Waals surface area contributed by atoms with Crippen LogP contribution in [0, 0.1) is 0 Å². The summed E-state index contributed by atoms with van der Waals surface area (Å²) in [6.45, 7) is 1.99. The van der Waals surface area contributed by atoms with Crippen LogP contribution in [0.1, 0.15) is 23.7 Å². The van der Waals surface area contributed by atoms with Crippen LogP contribution in [-0.2, 0) is 0 Å². The number of halogens is 1. The first-order valence-corrected chi connectivity index (χ1v) is 4.58. The van der Waals surface area contributed by atoms with Crippen molar-refractivity contribution in [3.63, 3.8) is 0 Å². The summed E-state index contributed by atoms with van der Waals surface area (Å²) < 4.78 is 0. The lowest BCUT2D eigenvalue weighted by atomic mass is 10.1. The molecule has 0 atom stereocenters. The maximum absolute atomic E-state index is 11.4. The first-order valence-electron chi connectivity index (χ1n) is 4.20. The third kappa shape index (κ3) is 3.03. The quantitative estimate of drug-likeness (QED) is 0.532. The highest BCUT2D eigenvalue weighted by Crippen LogP contribution is 2.10. The number of rotatable bonds is 3. The molecular weight excluding hydrogens is 184 g/mol. The van der Waals surface area contributed by atoms with Gasteiger partial charge in [-0.2, -0.15) is 0 Å². The molecule has 0 saturated carbocycles. The number of benzene rings is 1. The number of hydrogen-bond acceptors (Lipinski definition) is 1. The summed E-state index contributed by atoms with van der Waals surface area (Å²) in [6, 6.07) is 6.89. The lowest BCUT2D eigenvalue weighted by molar-refractivity contribution is 0.104. The molecule has 0 heterocycles. The van der Waals surface area contributed by atoms with E-state index in [9.17, 15) is 4.79 Å². The van der Waals surface area contributed by atoms with E-state index in [4.69, 9.17) is 11.6 Å². The van der Waals surface area contributed by atoms with E-state index in [1.807, 2.05) is 13.0 Å². The van der Waals surface area contributed by atoms with Gasteiger partial charge in [0.05, 0.1) is 0 Å². The van der Waals surface area contributed by atoms with E-state index in [0.29, 0.717) is 10.6 Å². The van der Waals surface area contributed by atoms with E-state index in [1.165, 1.54) is 0 Å². The average Bonchev–Trinajstić information content (AvgIpc) is 2.15. The van der Waals surface area contributed by atoms with Gasteiger partial charge in [0.1, 0.15) is 0 Å². The molecule has 1 aromatic carbocycles. The molecule has 1 nitrogen and oxygen atoms in total. The minimum absolute atomic E-state index is 0.0264. The smallest absolute Gasteiger partial charge is 0.185 e. The maximum atomic E-state index is 11.4. The van der Waals surface area contributed by atoms with E-state index in [1.54, 1.807) is 30.3 Å². The van der Waals surface area contributed by atoms with Crippen molar-refractivity contribution >= 4 is 17.4 Å². The topological polar surface area (TPSA) is 17.1 Å². The molecule has 0 amide bonds. The zero-order valence-corrected chi connectivity index (χ0v) is 8.21. The van der Waals surface area contributed by atoms with Crippen LogP contribution in [0.4, 0.5) is 0 Å². The monoisotopic (exact) mass is 194 g/mol. The van der Waals surface area contributed by atoms with Crippen molar-refractivity contribution in [1.29, 1.82) is 0 Å². The van der Waals surface area contributed by atoms with Gasteiger partial charge in [-0.1, -0.05) is 24.6 Å². The largest absolute Gasteiger partial charge is 0.289 e. The molecule has 13 heavy (non-hydrogen) atoms. The molecule has 68 valence electrons. The molecule has 0 aliphatic rings. The minimum atomic E-state index is 0.0264. The summed E-state index contributed by atoms with van der Waals surface area (Å²) >= 11 is 5.69. The Bertz CT molecular complexity index is 311. The van der Waals surface area contributed by atoms with Crippen LogP contribution < -0.4 is 0 Å². The van der Waals surface area contributed by atoms with Crippen molar-refractivity contribution in [2.24, 2.45) is 0 Å². The summed E-state index contributed by atoms with van der Waals surface area (Å²) in [5, 5.41) is 0.649. The van der Waals surface area contributed by atoms with Crippen molar-refractivity contribution in [1.82, 2.24) is 0 Å². The Hall–Kier alpha value is -1.08. The van der Waals surface area contributed by atoms with Crippen LogP contribution in [0.3, 0.4) is 0 Å². The van der Waals surface area contributed by atoms with Gasteiger partial charge in [-0.15, -0.1) is 0 Å². The van der Waals surface area contributed by atoms with Crippen LogP contribution in [0.15, 0.2) is 36.4 Å². The predicted molar refractivity (Wildman–Crippen MR) is 55.2 cm³/mol. The fraction of sp³-hybridized carbons (Fsp3) is 0.182. The van der Waals surface area contributed by atoms with Crippen molar-refractivity contribution in [2.45, 2.75) is 13.3 Å². The Balaban J connectivity index is 2.78. The Morgan fingerprint density at radius 1 is 1.38 bits per heavy atom. The fourth-order valence-electron chi connectivity index (χ4n) is 0.935. The van der Waals surface area contributed by atoms with Crippen LogP contribution in [0.5, 0.6) is 0 Å². The van der Waals surface area contributed by atoms with E-state index in [0.717, 1.165) is 6.42 Å². The Kier molecular flexibility index (Phi) is 3.71. The van der Waals surface area contributed by atoms with Gasteiger partial charge < -0.3 is 0 Å². The molecule has 2 heteroatoms. The predicted octanol–water partition coefficient (Wildman–Crippen LogP) is 3.49. The van der Waals surface area contributed by atoms with Gasteiger partial charge in [-0.05, 0) is 36.8 Å². The summed E-state index contributed by atoms with van der Waals surface area (Å²) in [4.78, 5) is 11.4. The molecule has 0 radical (unpaired) electrons. The standard InChI is InChI=1S/C11H11ClO/c1-2-3-4-11(13)9-5-7-10(12)8-6-9/h3-8H,2H2,1H3/b4-3+. The number of ketones is 1. The lowest BCUT2D eigenvalue weighted by Gasteiger charge is -1.94. The second kappa shape index (κ2) is 4.83. The van der Waals surface area contributed by atoms with E-state index in [-0.39, 0.29) is 5.78 Å². The summed E-state index contributed by atoms with van der Waals surface area (Å²) in [7, 11) is 0. The SMILES string of the molecule is CC/C=C/C(=O)c1ccc(Cl)cc1. The average molecular weight is 195 g/mol. The van der Waals surface area contributed by atoms with E-state index >= 15 is 0 Å². The number of hydrogen-bond donors (Lipinski definition) is 0. The third-order valence-electron chi connectivity index (χ3n) is 1.63. The Morgan fingerprint density at radius 3 is 2.54 bits per heavy atom. The van der Waals surface area contributed by atoms with Crippen molar-refractivity contribution < 1.29 is 4.79 Å². The Morgan fingerprint density at radius 2 is 2.00 bits per heavy atom. The third-order valence-corrected chi connectivity index (χ3v) is 1.89. The van der Waals surface area contributed by atoms with Crippen molar-refractivity contribution in [2.75, 3.05) is 0 Å².